The van der Waals surface area contributed by atoms with E-state index in [4.69, 9.17) is 4.74 Å². The first kappa shape index (κ1) is 119. The number of likely N-dealkylation sites (N-methyl/N-ethyl adjacent to an activating group) is 1. The lowest BCUT2D eigenvalue weighted by atomic mass is 9.80. The van der Waals surface area contributed by atoms with Crippen LogP contribution in [0.2, 0.25) is 0 Å². The lowest BCUT2D eigenvalue weighted by Gasteiger charge is -2.36. The van der Waals surface area contributed by atoms with E-state index in [0.29, 0.717) is 59.6 Å². The molecule has 123 heavy (non-hydrogen) atoms. The maximum atomic E-state index is 5.27. The van der Waals surface area contributed by atoms with E-state index in [0.717, 1.165) is 80.9 Å². The number of hydrogen-bond acceptors (Lipinski definition) is 13. The zero-order valence-electron chi connectivity index (χ0n) is 90.8. The number of morpholine rings is 1. The molecule has 2 aliphatic carbocycles. The van der Waals surface area contributed by atoms with Crippen molar-refractivity contribution in [2.24, 2.45) is 95.1 Å². The molecule has 0 aromatic heterocycles. The average Bonchev–Trinajstić information content (AvgIpc) is 1.80. The van der Waals surface area contributed by atoms with Crippen molar-refractivity contribution in [3.05, 3.63) is 0 Å². The number of piperidine rings is 4. The van der Waals surface area contributed by atoms with Crippen molar-refractivity contribution >= 4 is 0 Å². The van der Waals surface area contributed by atoms with E-state index in [-0.39, 0.29) is 0 Å². The zero-order valence-corrected chi connectivity index (χ0v) is 90.8. The molecular weight excluding hydrogens is 1510 g/mol. The van der Waals surface area contributed by atoms with Gasteiger partial charge in [-0.15, -0.1) is 0 Å². The number of ether oxygens (including phenoxy) is 1. The van der Waals surface area contributed by atoms with E-state index >= 15 is 0 Å². The molecule has 12 aliphatic rings. The summed E-state index contributed by atoms with van der Waals surface area (Å²) in [7, 11) is 4.46. The van der Waals surface area contributed by atoms with E-state index < -0.39 is 0 Å². The third-order valence-electron chi connectivity index (χ3n) is 25.5. The molecule has 12 fully saturated rings. The second kappa shape index (κ2) is 59.3. The van der Waals surface area contributed by atoms with Crippen LogP contribution in [0.15, 0.2) is 0 Å². The second-order valence-corrected chi connectivity index (χ2v) is 55.1. The molecule has 12 rings (SSSR count). The van der Waals surface area contributed by atoms with Gasteiger partial charge < -0.3 is 60.3 Å². The smallest absolute Gasteiger partial charge is 0.0594 e. The SMILES string of the molecule is CC(C)(C)CC1CCCC1.CC(C)(C)CC1CCCNC1.CC(C)(C)CC1CCN(CC2CC2)CC1.CC(C)(C)CC1CCNC1.CC(C)(C)CC1CCNCC1.CC(C)(C)CN1CCCC1.CC(C)(C)CN1CCCCC1.CC(C)(C)CN1CCNCC1.CC(C)(C)CN1CCOCC1.CN1CCCC1CC(C)(C)C.CN1CCN(CC(C)(C)C)CC1. The van der Waals surface area contributed by atoms with Gasteiger partial charge in [-0.05, 0) is 329 Å². The fraction of sp³-hybridized carbons (Fsp3) is 1.00. The summed E-state index contributed by atoms with van der Waals surface area (Å²) < 4.78 is 5.27. The Morgan fingerprint density at radius 3 is 0.894 bits per heavy atom. The molecule has 13 nitrogen and oxygen atoms in total. The molecule has 0 aromatic rings. The van der Waals surface area contributed by atoms with Crippen LogP contribution in [0, 0.1) is 95.1 Å². The van der Waals surface area contributed by atoms with Crippen LogP contribution in [0.5, 0.6) is 0 Å². The van der Waals surface area contributed by atoms with Gasteiger partial charge in [-0.1, -0.05) is 261 Å². The first-order chi connectivity index (χ1) is 56.6. The Labute approximate surface area is 774 Å². The number of hydrogen-bond donors (Lipinski definition) is 4. The predicted molar refractivity (Wildman–Crippen MR) is 550 cm³/mol. The van der Waals surface area contributed by atoms with Gasteiger partial charge >= 0.3 is 0 Å². The summed E-state index contributed by atoms with van der Waals surface area (Å²) in [5.41, 5.74) is 5.48. The summed E-state index contributed by atoms with van der Waals surface area (Å²) in [6.45, 7) is 115. The van der Waals surface area contributed by atoms with Crippen LogP contribution in [0.3, 0.4) is 0 Å². The number of likely N-dealkylation sites (tertiary alicyclic amines) is 4. The van der Waals surface area contributed by atoms with Gasteiger partial charge in [0.15, 0.2) is 0 Å². The highest BCUT2D eigenvalue weighted by molar-refractivity contribution is 4.86. The highest BCUT2D eigenvalue weighted by Gasteiger charge is 2.32. The molecule has 0 aromatic carbocycles. The van der Waals surface area contributed by atoms with Gasteiger partial charge in [-0.25, -0.2) is 0 Å². The van der Waals surface area contributed by atoms with Gasteiger partial charge in [0.25, 0.3) is 0 Å². The molecule has 2 saturated carbocycles. The van der Waals surface area contributed by atoms with Crippen LogP contribution < -0.4 is 21.3 Å². The molecule has 0 bridgehead atoms. The summed E-state index contributed by atoms with van der Waals surface area (Å²) in [6.07, 6.45) is 37.1. The maximum Gasteiger partial charge on any atom is 0.0594 e. The number of nitrogens with one attached hydrogen (secondary N) is 4. The topological polar surface area (TPSA) is 83.3 Å². The molecule has 0 amide bonds. The number of piperazine rings is 2. The second-order valence-electron chi connectivity index (χ2n) is 55.1. The predicted octanol–water partition coefficient (Wildman–Crippen LogP) is 24.8. The largest absolute Gasteiger partial charge is 0.379 e. The third kappa shape index (κ3) is 74.6. The minimum absolute atomic E-state index is 0.428. The fourth-order valence-electron chi connectivity index (χ4n) is 20.6. The lowest BCUT2D eigenvalue weighted by Crippen LogP contribution is -2.47. The molecule has 10 aliphatic heterocycles. The number of rotatable bonds is 13. The zero-order chi connectivity index (χ0) is 93.0. The van der Waals surface area contributed by atoms with Crippen LogP contribution in [0.4, 0.5) is 0 Å². The van der Waals surface area contributed by atoms with Crippen LogP contribution in [-0.4, -0.2) is 262 Å². The minimum atomic E-state index is 0.428. The molecule has 3 unspecified atom stereocenters. The summed E-state index contributed by atoms with van der Waals surface area (Å²) >= 11 is 0. The van der Waals surface area contributed by atoms with E-state index in [2.05, 4.69) is 303 Å². The van der Waals surface area contributed by atoms with Crippen molar-refractivity contribution in [2.45, 2.75) is 401 Å². The highest BCUT2D eigenvalue weighted by atomic mass is 16.5. The Hall–Kier alpha value is -0.520. The van der Waals surface area contributed by atoms with E-state index in [1.54, 1.807) is 0 Å². The van der Waals surface area contributed by atoms with Gasteiger partial charge in [-0.2, -0.15) is 0 Å². The molecule has 736 valence electrons. The molecular formula is C110H230N12O. The monoisotopic (exact) mass is 1740 g/mol. The Bertz CT molecular complexity index is 2220. The Kier molecular flexibility index (Phi) is 57.1. The quantitative estimate of drug-likeness (QED) is 0.141. The van der Waals surface area contributed by atoms with Crippen molar-refractivity contribution < 1.29 is 4.74 Å². The van der Waals surface area contributed by atoms with Gasteiger partial charge in [0.2, 0.25) is 0 Å². The molecule has 0 radical (unpaired) electrons. The first-order valence-corrected chi connectivity index (χ1v) is 52.8. The molecule has 0 spiro atoms. The molecule has 10 heterocycles. The van der Waals surface area contributed by atoms with Crippen molar-refractivity contribution in [1.29, 1.82) is 0 Å². The fourth-order valence-corrected chi connectivity index (χ4v) is 20.6. The lowest BCUT2D eigenvalue weighted by molar-refractivity contribution is 0.0236. The maximum absolute atomic E-state index is 5.27. The molecule has 3 atom stereocenters. The highest BCUT2D eigenvalue weighted by Crippen LogP contribution is 2.38. The van der Waals surface area contributed by atoms with E-state index in [1.807, 2.05) is 0 Å². The van der Waals surface area contributed by atoms with Crippen LogP contribution in [-0.2, 0) is 4.74 Å². The van der Waals surface area contributed by atoms with Crippen LogP contribution in [0.1, 0.15) is 395 Å². The summed E-state index contributed by atoms with van der Waals surface area (Å²) in [5.74, 6) is 5.99. The van der Waals surface area contributed by atoms with Gasteiger partial charge in [-0.3, -0.25) is 4.90 Å². The van der Waals surface area contributed by atoms with E-state index in [1.165, 1.54) is 331 Å². The first-order valence-electron chi connectivity index (χ1n) is 52.8. The summed E-state index contributed by atoms with van der Waals surface area (Å²) in [6, 6.07) is 0.856. The van der Waals surface area contributed by atoms with Crippen molar-refractivity contribution in [3.63, 3.8) is 0 Å². The normalized spacial score (nSPS) is 24.0. The van der Waals surface area contributed by atoms with Gasteiger partial charge in [0, 0.05) is 111 Å². The van der Waals surface area contributed by atoms with E-state index in [9.17, 15) is 0 Å². The average molecular weight is 1740 g/mol. The van der Waals surface area contributed by atoms with Gasteiger partial charge in [0.1, 0.15) is 0 Å². The third-order valence-corrected chi connectivity index (χ3v) is 25.5. The van der Waals surface area contributed by atoms with Crippen molar-refractivity contribution in [2.75, 3.05) is 217 Å². The van der Waals surface area contributed by atoms with Crippen LogP contribution >= 0.6 is 0 Å². The Morgan fingerprint density at radius 1 is 0.220 bits per heavy atom. The molecule has 4 N–H and O–H groups in total. The molecule has 10 saturated heterocycles. The van der Waals surface area contributed by atoms with Crippen molar-refractivity contribution in [1.82, 2.24) is 60.5 Å². The standard InChI is InChI=1S/C14H27N.C10H22N2.4C10H21N.C10H20.C9H20N2.C9H19NO.2C9H19N/c1-14(2,3)10-12-6-8-15(9-7-12)11-13-4-5-13;1-10(2,3)9-12-7-5-11(4)6-8-12;1-10(2,3)8-9-6-5-7-11(9)4;1-10(2,3)8-9-4-6-11-7-5-9;1-10(2,3)7-9-5-4-6-11-8-9;1-10(2,3)9-11-7-5-4-6-8-11;1-10(2,3)8-9-6-4-5-7-9;1-9(2,3)8-11-6-4-10-5-7-11;1-9(2,3)8-10-4-6-11-7-5-10;1-9(2,3)6-8-4-5-10-7-8;1-9(2,3)8-10-6-4-5-7-10/h12-13H,4-11H2,1-3H3;5-9H2,1-4H3;9H,5-8H2,1-4H3;2*9,11H,4-8H2,1-3H3;4-9H2,1-3H3;9H,4-8H2,1-3H3;10H,4-8H2,1-3H3;4-8H2,1-3H3;8,10H,4-7H2,1-3H3;4-8H2,1-3H3. The minimum Gasteiger partial charge on any atom is -0.379 e. The summed E-state index contributed by atoms with van der Waals surface area (Å²) in [4.78, 5) is 20.4. The summed E-state index contributed by atoms with van der Waals surface area (Å²) in [5, 5.41) is 13.6. The van der Waals surface area contributed by atoms with Gasteiger partial charge in [0.05, 0.1) is 13.2 Å². The van der Waals surface area contributed by atoms with Crippen molar-refractivity contribution in [3.8, 4) is 0 Å². The van der Waals surface area contributed by atoms with Crippen LogP contribution in [0.25, 0.3) is 0 Å². The Morgan fingerprint density at radius 2 is 0.537 bits per heavy atom. The Balaban J connectivity index is 0.000000459. The number of nitrogens with zero attached hydrogens (tertiary/aromatic N) is 8. The molecule has 13 heteroatoms.